The van der Waals surface area contributed by atoms with Crippen molar-refractivity contribution >= 4 is 10.9 Å². The van der Waals surface area contributed by atoms with Crippen molar-refractivity contribution in [2.75, 3.05) is 13.7 Å². The second-order valence-corrected chi connectivity index (χ2v) is 7.47. The van der Waals surface area contributed by atoms with Gasteiger partial charge >= 0.3 is 0 Å². The number of hydrogen-bond acceptors (Lipinski definition) is 6. The molecule has 0 aliphatic carbocycles. The summed E-state index contributed by atoms with van der Waals surface area (Å²) in [6.45, 7) is -0.0814. The van der Waals surface area contributed by atoms with Gasteiger partial charge in [-0.15, -0.1) is 0 Å². The predicted molar refractivity (Wildman–Crippen MR) is 107 cm³/mol. The fourth-order valence-electron chi connectivity index (χ4n) is 3.94. The third-order valence-electron chi connectivity index (χ3n) is 5.59. The molecule has 0 spiro atoms. The first kappa shape index (κ1) is 20.8. The van der Waals surface area contributed by atoms with Gasteiger partial charge in [0.25, 0.3) is 0 Å². The SMILES string of the molecule is COc1ccc(Cn2cc([C@@H]3O[C@H](CO)[C@@H](O)[C@H](O)[C@H]3O)c3ccc(F)cc32)cc1. The Labute approximate surface area is 172 Å². The standard InChI is InChI=1S/C22H24FNO6/c1-29-14-5-2-12(3-6-14)9-24-10-16(15-7-4-13(23)8-17(15)24)22-21(28)20(27)19(26)18(11-25)30-22/h2-8,10,18-22,25-28H,9,11H2,1H3/t18-,19-,20+,21-,22+/m1/s1. The minimum Gasteiger partial charge on any atom is -0.497 e. The number of aliphatic hydroxyl groups excluding tert-OH is 4. The van der Waals surface area contributed by atoms with Crippen LogP contribution in [-0.4, -0.2) is 63.1 Å². The molecule has 0 radical (unpaired) electrons. The second-order valence-electron chi connectivity index (χ2n) is 7.47. The molecular weight excluding hydrogens is 393 g/mol. The summed E-state index contributed by atoms with van der Waals surface area (Å²) in [5.74, 6) is 0.320. The summed E-state index contributed by atoms with van der Waals surface area (Å²) in [4.78, 5) is 0. The lowest BCUT2D eigenvalue weighted by Crippen LogP contribution is -2.55. The van der Waals surface area contributed by atoms with Crippen molar-refractivity contribution < 1.29 is 34.3 Å². The van der Waals surface area contributed by atoms with Crippen LogP contribution in [0.4, 0.5) is 4.39 Å². The fraction of sp³-hybridized carbons (Fsp3) is 0.364. The largest absolute Gasteiger partial charge is 0.497 e. The Morgan fingerprint density at radius 1 is 1.03 bits per heavy atom. The average molecular weight is 417 g/mol. The smallest absolute Gasteiger partial charge is 0.125 e. The predicted octanol–water partition coefficient (Wildman–Crippen LogP) is 1.35. The number of aromatic nitrogens is 1. The van der Waals surface area contributed by atoms with Gasteiger partial charge < -0.3 is 34.5 Å². The monoisotopic (exact) mass is 417 g/mol. The molecule has 1 aliphatic heterocycles. The topological polar surface area (TPSA) is 104 Å². The van der Waals surface area contributed by atoms with Crippen LogP contribution in [0.2, 0.25) is 0 Å². The summed E-state index contributed by atoms with van der Waals surface area (Å²) in [5.41, 5.74) is 2.09. The molecule has 30 heavy (non-hydrogen) atoms. The minimum atomic E-state index is -1.48. The molecule has 1 saturated heterocycles. The Hall–Kier alpha value is -2.49. The molecule has 0 bridgehead atoms. The molecule has 5 atom stereocenters. The van der Waals surface area contributed by atoms with Gasteiger partial charge in [-0.1, -0.05) is 12.1 Å². The van der Waals surface area contributed by atoms with Crippen LogP contribution >= 0.6 is 0 Å². The number of rotatable bonds is 5. The average Bonchev–Trinajstić information content (AvgIpc) is 3.10. The highest BCUT2D eigenvalue weighted by Gasteiger charge is 2.44. The van der Waals surface area contributed by atoms with Crippen LogP contribution in [0.5, 0.6) is 5.75 Å². The Kier molecular flexibility index (Phi) is 5.77. The van der Waals surface area contributed by atoms with Crippen molar-refractivity contribution in [1.82, 2.24) is 4.57 Å². The van der Waals surface area contributed by atoms with E-state index in [4.69, 9.17) is 9.47 Å². The highest BCUT2D eigenvalue weighted by Crippen LogP contribution is 2.37. The van der Waals surface area contributed by atoms with Gasteiger partial charge in [0, 0.05) is 23.7 Å². The van der Waals surface area contributed by atoms with E-state index < -0.39 is 42.9 Å². The molecule has 4 N–H and O–H groups in total. The van der Waals surface area contributed by atoms with E-state index >= 15 is 0 Å². The van der Waals surface area contributed by atoms with Crippen LogP contribution in [0.25, 0.3) is 10.9 Å². The summed E-state index contributed by atoms with van der Waals surface area (Å²) >= 11 is 0. The highest BCUT2D eigenvalue weighted by molar-refractivity contribution is 5.84. The molecular formula is C22H24FNO6. The van der Waals surface area contributed by atoms with Gasteiger partial charge in [-0.25, -0.2) is 4.39 Å². The molecule has 0 saturated carbocycles. The van der Waals surface area contributed by atoms with Crippen molar-refractivity contribution in [3.63, 3.8) is 0 Å². The van der Waals surface area contributed by atoms with E-state index in [0.29, 0.717) is 23.0 Å². The highest BCUT2D eigenvalue weighted by atomic mass is 19.1. The quantitative estimate of drug-likeness (QED) is 0.500. The number of ether oxygens (including phenoxy) is 2. The third-order valence-corrected chi connectivity index (χ3v) is 5.59. The van der Waals surface area contributed by atoms with E-state index in [9.17, 15) is 24.8 Å². The van der Waals surface area contributed by atoms with Crippen LogP contribution in [0.3, 0.4) is 0 Å². The van der Waals surface area contributed by atoms with Crippen LogP contribution in [0, 0.1) is 5.82 Å². The zero-order chi connectivity index (χ0) is 21.4. The summed E-state index contributed by atoms with van der Waals surface area (Å²) in [6, 6.07) is 11.8. The van der Waals surface area contributed by atoms with E-state index in [-0.39, 0.29) is 0 Å². The van der Waals surface area contributed by atoms with E-state index in [2.05, 4.69) is 0 Å². The Morgan fingerprint density at radius 2 is 1.77 bits per heavy atom. The van der Waals surface area contributed by atoms with E-state index in [1.54, 1.807) is 19.4 Å². The number of fused-ring (bicyclic) bond motifs is 1. The number of hydrogen-bond donors (Lipinski definition) is 4. The maximum absolute atomic E-state index is 14.0. The molecule has 2 heterocycles. The molecule has 0 amide bonds. The van der Waals surface area contributed by atoms with E-state index in [0.717, 1.165) is 11.3 Å². The first-order valence-corrected chi connectivity index (χ1v) is 9.64. The van der Waals surface area contributed by atoms with Gasteiger partial charge in [0.15, 0.2) is 0 Å². The van der Waals surface area contributed by atoms with Crippen LogP contribution < -0.4 is 4.74 Å². The number of nitrogens with zero attached hydrogens (tertiary/aromatic N) is 1. The summed E-state index contributed by atoms with van der Waals surface area (Å²) in [7, 11) is 1.59. The Morgan fingerprint density at radius 3 is 2.43 bits per heavy atom. The summed E-state index contributed by atoms with van der Waals surface area (Å²) < 4.78 is 26.7. The van der Waals surface area contributed by atoms with E-state index in [1.807, 2.05) is 28.8 Å². The number of halogens is 1. The van der Waals surface area contributed by atoms with Crippen molar-refractivity contribution in [3.8, 4) is 5.75 Å². The number of benzene rings is 2. The van der Waals surface area contributed by atoms with Crippen molar-refractivity contribution in [3.05, 3.63) is 65.6 Å². The summed E-state index contributed by atoms with van der Waals surface area (Å²) in [5, 5.41) is 40.9. The van der Waals surface area contributed by atoms with Gasteiger partial charge in [0.1, 0.15) is 42.1 Å². The zero-order valence-electron chi connectivity index (χ0n) is 16.4. The molecule has 1 fully saturated rings. The van der Waals surface area contributed by atoms with Crippen molar-refractivity contribution in [2.45, 2.75) is 37.1 Å². The van der Waals surface area contributed by atoms with Gasteiger partial charge in [-0.3, -0.25) is 0 Å². The third kappa shape index (κ3) is 3.68. The molecule has 1 aromatic heterocycles. The maximum Gasteiger partial charge on any atom is 0.125 e. The van der Waals surface area contributed by atoms with Crippen LogP contribution in [-0.2, 0) is 11.3 Å². The number of methoxy groups -OCH3 is 1. The zero-order valence-corrected chi connectivity index (χ0v) is 16.4. The van der Waals surface area contributed by atoms with E-state index in [1.165, 1.54) is 12.1 Å². The van der Waals surface area contributed by atoms with Gasteiger partial charge in [-0.05, 0) is 35.9 Å². The molecule has 7 nitrogen and oxygen atoms in total. The van der Waals surface area contributed by atoms with Gasteiger partial charge in [-0.2, -0.15) is 0 Å². The van der Waals surface area contributed by atoms with Crippen molar-refractivity contribution in [2.24, 2.45) is 0 Å². The molecule has 3 aromatic rings. The molecule has 1 aliphatic rings. The lowest BCUT2D eigenvalue weighted by atomic mass is 9.91. The lowest BCUT2D eigenvalue weighted by molar-refractivity contribution is -0.231. The Balaban J connectivity index is 1.75. The Bertz CT molecular complexity index is 1020. The minimum absolute atomic E-state index is 0.406. The van der Waals surface area contributed by atoms with Crippen molar-refractivity contribution in [1.29, 1.82) is 0 Å². The second kappa shape index (κ2) is 8.33. The lowest BCUT2D eigenvalue weighted by Gasteiger charge is -2.40. The van der Waals surface area contributed by atoms with Crippen LogP contribution in [0.15, 0.2) is 48.7 Å². The molecule has 2 aromatic carbocycles. The van der Waals surface area contributed by atoms with Gasteiger partial charge in [0.05, 0.1) is 19.2 Å². The fourth-order valence-corrected chi connectivity index (χ4v) is 3.94. The van der Waals surface area contributed by atoms with Gasteiger partial charge in [0.2, 0.25) is 0 Å². The number of aliphatic hydroxyl groups is 4. The van der Waals surface area contributed by atoms with Crippen LogP contribution in [0.1, 0.15) is 17.2 Å². The molecule has 160 valence electrons. The first-order valence-electron chi connectivity index (χ1n) is 9.64. The molecule has 8 heteroatoms. The molecule has 4 rings (SSSR count). The maximum atomic E-state index is 14.0. The normalized spacial score (nSPS) is 26.8. The first-order chi connectivity index (χ1) is 14.4. The summed E-state index contributed by atoms with van der Waals surface area (Å²) in [6.07, 6.45) is -4.61. The molecule has 0 unspecified atom stereocenters.